The van der Waals surface area contributed by atoms with Crippen LogP contribution in [-0.2, 0) is 0 Å². The van der Waals surface area contributed by atoms with Gasteiger partial charge < -0.3 is 10.5 Å². The predicted molar refractivity (Wildman–Crippen MR) is 76.7 cm³/mol. The van der Waals surface area contributed by atoms with Crippen molar-refractivity contribution >= 4 is 0 Å². The van der Waals surface area contributed by atoms with Gasteiger partial charge in [-0.05, 0) is 43.0 Å². The highest BCUT2D eigenvalue weighted by molar-refractivity contribution is 5.43. The van der Waals surface area contributed by atoms with Crippen LogP contribution in [0.25, 0.3) is 0 Å². The van der Waals surface area contributed by atoms with Crippen LogP contribution in [0.4, 0.5) is 0 Å². The van der Waals surface area contributed by atoms with Gasteiger partial charge in [0, 0.05) is 5.56 Å². The molecule has 2 N–H and O–H groups in total. The van der Waals surface area contributed by atoms with Crippen molar-refractivity contribution in [2.45, 2.75) is 33.6 Å². The Balaban J connectivity index is 2.62. The Kier molecular flexibility index (Phi) is 6.32. The van der Waals surface area contributed by atoms with E-state index in [1.807, 2.05) is 25.1 Å². The van der Waals surface area contributed by atoms with Crippen molar-refractivity contribution in [1.82, 2.24) is 0 Å². The van der Waals surface area contributed by atoms with Crippen molar-refractivity contribution in [2.24, 2.45) is 11.7 Å². The lowest BCUT2D eigenvalue weighted by atomic mass is 10.1. The molecular weight excluding hydrogens is 222 g/mol. The fourth-order valence-corrected chi connectivity index (χ4v) is 1.85. The van der Waals surface area contributed by atoms with Gasteiger partial charge in [-0.2, -0.15) is 0 Å². The third-order valence-electron chi connectivity index (χ3n) is 2.81. The molecule has 1 atom stereocenters. The smallest absolute Gasteiger partial charge is 0.122 e. The van der Waals surface area contributed by atoms with Crippen molar-refractivity contribution in [2.75, 3.05) is 13.2 Å². The minimum atomic E-state index is 0.395. The van der Waals surface area contributed by atoms with Crippen molar-refractivity contribution < 1.29 is 4.74 Å². The van der Waals surface area contributed by atoms with Gasteiger partial charge in [-0.3, -0.25) is 0 Å². The van der Waals surface area contributed by atoms with E-state index in [1.165, 1.54) is 12.8 Å². The van der Waals surface area contributed by atoms with Crippen LogP contribution in [0.2, 0.25) is 0 Å². The van der Waals surface area contributed by atoms with Crippen LogP contribution in [0.15, 0.2) is 18.2 Å². The SMILES string of the molecule is CCCC(C)COc1ccc(C#CCN)cc1C. The lowest BCUT2D eigenvalue weighted by molar-refractivity contribution is 0.250. The number of rotatable bonds is 5. The summed E-state index contributed by atoms with van der Waals surface area (Å²) >= 11 is 0. The first-order valence-electron chi connectivity index (χ1n) is 6.59. The highest BCUT2D eigenvalue weighted by Gasteiger charge is 2.04. The van der Waals surface area contributed by atoms with Gasteiger partial charge in [0.2, 0.25) is 0 Å². The van der Waals surface area contributed by atoms with Crippen LogP contribution in [0.3, 0.4) is 0 Å². The quantitative estimate of drug-likeness (QED) is 0.809. The molecule has 0 spiro atoms. The molecule has 0 aliphatic carbocycles. The molecular formula is C16H23NO. The molecule has 18 heavy (non-hydrogen) atoms. The molecule has 0 bridgehead atoms. The highest BCUT2D eigenvalue weighted by Crippen LogP contribution is 2.20. The fraction of sp³-hybridized carbons (Fsp3) is 0.500. The zero-order valence-electron chi connectivity index (χ0n) is 11.6. The molecule has 98 valence electrons. The van der Waals surface area contributed by atoms with Gasteiger partial charge in [-0.15, -0.1) is 0 Å². The van der Waals surface area contributed by atoms with Crippen LogP contribution in [0.1, 0.15) is 37.8 Å². The van der Waals surface area contributed by atoms with E-state index < -0.39 is 0 Å². The Labute approximate surface area is 111 Å². The topological polar surface area (TPSA) is 35.2 Å². The molecule has 1 unspecified atom stereocenters. The summed E-state index contributed by atoms with van der Waals surface area (Å²) in [7, 11) is 0. The monoisotopic (exact) mass is 245 g/mol. The summed E-state index contributed by atoms with van der Waals surface area (Å²) in [5.74, 6) is 7.44. The Bertz CT molecular complexity index is 428. The number of benzene rings is 1. The summed E-state index contributed by atoms with van der Waals surface area (Å²) in [4.78, 5) is 0. The minimum absolute atomic E-state index is 0.395. The average molecular weight is 245 g/mol. The van der Waals surface area contributed by atoms with Crippen molar-refractivity contribution in [1.29, 1.82) is 0 Å². The fourth-order valence-electron chi connectivity index (χ4n) is 1.85. The van der Waals surface area contributed by atoms with E-state index in [0.717, 1.165) is 23.5 Å². The Morgan fingerprint density at radius 2 is 2.17 bits per heavy atom. The van der Waals surface area contributed by atoms with Gasteiger partial charge in [-0.25, -0.2) is 0 Å². The zero-order valence-corrected chi connectivity index (χ0v) is 11.6. The van der Waals surface area contributed by atoms with E-state index in [4.69, 9.17) is 10.5 Å². The highest BCUT2D eigenvalue weighted by atomic mass is 16.5. The van der Waals surface area contributed by atoms with E-state index >= 15 is 0 Å². The van der Waals surface area contributed by atoms with E-state index in [9.17, 15) is 0 Å². The molecule has 0 aromatic heterocycles. The van der Waals surface area contributed by atoms with E-state index in [0.29, 0.717) is 12.5 Å². The summed E-state index contributed by atoms with van der Waals surface area (Å²) in [6.07, 6.45) is 2.41. The van der Waals surface area contributed by atoms with Crippen molar-refractivity contribution in [3.63, 3.8) is 0 Å². The normalized spacial score (nSPS) is 11.6. The molecule has 2 nitrogen and oxygen atoms in total. The van der Waals surface area contributed by atoms with Crippen LogP contribution < -0.4 is 10.5 Å². The largest absolute Gasteiger partial charge is 0.493 e. The van der Waals surface area contributed by atoms with E-state index in [-0.39, 0.29) is 0 Å². The first-order valence-corrected chi connectivity index (χ1v) is 6.59. The number of aryl methyl sites for hydroxylation is 1. The molecule has 0 fully saturated rings. The zero-order chi connectivity index (χ0) is 13.4. The van der Waals surface area contributed by atoms with E-state index in [2.05, 4.69) is 25.7 Å². The molecule has 0 radical (unpaired) electrons. The van der Waals surface area contributed by atoms with Gasteiger partial charge in [0.15, 0.2) is 0 Å². The standard InChI is InChI=1S/C16H23NO/c1-4-6-13(2)12-18-16-9-8-15(7-5-10-17)11-14(16)3/h8-9,11,13H,4,6,10,12,17H2,1-3H3. The predicted octanol–water partition coefficient (Wildman–Crippen LogP) is 3.12. The second-order valence-electron chi connectivity index (χ2n) is 4.69. The summed E-state index contributed by atoms with van der Waals surface area (Å²) in [6.45, 7) is 7.65. The maximum absolute atomic E-state index is 5.84. The third-order valence-corrected chi connectivity index (χ3v) is 2.81. The summed E-state index contributed by atoms with van der Waals surface area (Å²) < 4.78 is 5.84. The molecule has 1 aromatic rings. The van der Waals surface area contributed by atoms with E-state index in [1.54, 1.807) is 0 Å². The molecule has 2 heteroatoms. The first-order chi connectivity index (χ1) is 8.67. The molecule has 0 aliphatic rings. The van der Waals surface area contributed by atoms with Gasteiger partial charge in [-0.1, -0.05) is 32.1 Å². The number of nitrogens with two attached hydrogens (primary N) is 1. The Hall–Kier alpha value is -1.46. The third kappa shape index (κ3) is 4.81. The molecule has 0 saturated carbocycles. The number of ether oxygens (including phenoxy) is 1. The maximum atomic E-state index is 5.84. The number of hydrogen-bond donors (Lipinski definition) is 1. The molecule has 1 aromatic carbocycles. The maximum Gasteiger partial charge on any atom is 0.122 e. The Morgan fingerprint density at radius 1 is 1.39 bits per heavy atom. The molecule has 0 amide bonds. The van der Waals surface area contributed by atoms with Gasteiger partial charge in [0.1, 0.15) is 5.75 Å². The minimum Gasteiger partial charge on any atom is -0.493 e. The lowest BCUT2D eigenvalue weighted by Crippen LogP contribution is -2.08. The first kappa shape index (κ1) is 14.6. The van der Waals surface area contributed by atoms with Gasteiger partial charge in [0.25, 0.3) is 0 Å². The lowest BCUT2D eigenvalue weighted by Gasteiger charge is -2.13. The second kappa shape index (κ2) is 7.79. The van der Waals surface area contributed by atoms with Crippen molar-refractivity contribution in [3.05, 3.63) is 29.3 Å². The number of hydrogen-bond acceptors (Lipinski definition) is 2. The molecule has 0 heterocycles. The average Bonchev–Trinajstić information content (AvgIpc) is 2.35. The second-order valence-corrected chi connectivity index (χ2v) is 4.69. The summed E-state index contributed by atoms with van der Waals surface area (Å²) in [6, 6.07) is 6.02. The van der Waals surface area contributed by atoms with Crippen LogP contribution >= 0.6 is 0 Å². The van der Waals surface area contributed by atoms with Crippen LogP contribution in [-0.4, -0.2) is 13.2 Å². The van der Waals surface area contributed by atoms with Gasteiger partial charge >= 0.3 is 0 Å². The Morgan fingerprint density at radius 3 is 2.78 bits per heavy atom. The molecule has 0 aliphatic heterocycles. The molecule has 0 saturated heterocycles. The summed E-state index contributed by atoms with van der Waals surface area (Å²) in [5, 5.41) is 0. The van der Waals surface area contributed by atoms with Crippen LogP contribution in [0.5, 0.6) is 5.75 Å². The van der Waals surface area contributed by atoms with Gasteiger partial charge in [0.05, 0.1) is 13.2 Å². The van der Waals surface area contributed by atoms with Crippen molar-refractivity contribution in [3.8, 4) is 17.6 Å². The van der Waals surface area contributed by atoms with Crippen LogP contribution in [0, 0.1) is 24.7 Å². The molecule has 1 rings (SSSR count). The summed E-state index contributed by atoms with van der Waals surface area (Å²) in [5.41, 5.74) is 7.48.